The van der Waals surface area contributed by atoms with Crippen molar-refractivity contribution < 1.29 is 4.79 Å². The van der Waals surface area contributed by atoms with Gasteiger partial charge in [-0.1, -0.05) is 18.5 Å². The molecule has 0 aliphatic rings. The first-order valence-electron chi connectivity index (χ1n) is 8.67. The van der Waals surface area contributed by atoms with E-state index in [1.54, 1.807) is 30.1 Å². The highest BCUT2D eigenvalue weighted by molar-refractivity contribution is 6.31. The lowest BCUT2D eigenvalue weighted by molar-refractivity contribution is -0.141. The van der Waals surface area contributed by atoms with Crippen LogP contribution in [0.2, 0.25) is 5.02 Å². The van der Waals surface area contributed by atoms with E-state index < -0.39 is 5.41 Å². The molecule has 7 heteroatoms. The molecule has 1 aromatic heterocycles. The van der Waals surface area contributed by atoms with E-state index >= 15 is 0 Å². The van der Waals surface area contributed by atoms with Crippen LogP contribution in [0.25, 0.3) is 10.9 Å². The van der Waals surface area contributed by atoms with Gasteiger partial charge >= 0.3 is 0 Å². The predicted octanol–water partition coefficient (Wildman–Crippen LogP) is 4.15. The SMILES string of the molecule is CCCN(C(=O)C(C)(C)CCl)C(C)c1nc2ccc(Cl)cc2c(=O)n1C. The van der Waals surface area contributed by atoms with Crippen LogP contribution in [0.4, 0.5) is 0 Å². The van der Waals surface area contributed by atoms with Gasteiger partial charge in [0.1, 0.15) is 5.82 Å². The van der Waals surface area contributed by atoms with Crippen molar-refractivity contribution in [3.63, 3.8) is 0 Å². The van der Waals surface area contributed by atoms with Crippen LogP contribution in [0.5, 0.6) is 0 Å². The van der Waals surface area contributed by atoms with E-state index in [-0.39, 0.29) is 23.4 Å². The van der Waals surface area contributed by atoms with Crippen molar-refractivity contribution in [2.45, 2.75) is 40.2 Å². The van der Waals surface area contributed by atoms with Crippen molar-refractivity contribution in [3.05, 3.63) is 39.4 Å². The highest BCUT2D eigenvalue weighted by Crippen LogP contribution is 2.28. The number of alkyl halides is 1. The minimum Gasteiger partial charge on any atom is -0.332 e. The van der Waals surface area contributed by atoms with Gasteiger partial charge in [-0.05, 0) is 45.4 Å². The average molecular weight is 398 g/mol. The van der Waals surface area contributed by atoms with E-state index in [1.807, 2.05) is 27.7 Å². The maximum absolute atomic E-state index is 13.0. The molecule has 1 atom stereocenters. The second-order valence-electron chi connectivity index (χ2n) is 7.19. The van der Waals surface area contributed by atoms with Crippen molar-refractivity contribution in [1.29, 1.82) is 0 Å². The Morgan fingerprint density at radius 1 is 1.38 bits per heavy atom. The van der Waals surface area contributed by atoms with E-state index in [1.165, 1.54) is 4.57 Å². The van der Waals surface area contributed by atoms with Crippen LogP contribution in [0.15, 0.2) is 23.0 Å². The maximum atomic E-state index is 13.0. The standard InChI is InChI=1S/C19H25Cl2N3O2/c1-6-9-24(18(26)19(3,4)11-20)12(2)16-22-15-8-7-13(21)10-14(15)17(25)23(16)5/h7-8,10,12H,6,9,11H2,1-5H3. The molecule has 0 spiro atoms. The van der Waals surface area contributed by atoms with Crippen molar-refractivity contribution in [1.82, 2.24) is 14.5 Å². The van der Waals surface area contributed by atoms with Gasteiger partial charge in [0.2, 0.25) is 5.91 Å². The molecule has 0 fully saturated rings. The van der Waals surface area contributed by atoms with Crippen LogP contribution in [-0.2, 0) is 11.8 Å². The number of rotatable bonds is 6. The lowest BCUT2D eigenvalue weighted by atomic mass is 9.93. The summed E-state index contributed by atoms with van der Waals surface area (Å²) >= 11 is 12.0. The number of hydrogen-bond acceptors (Lipinski definition) is 3. The third kappa shape index (κ3) is 3.89. The molecule has 2 aromatic rings. The number of nitrogens with zero attached hydrogens (tertiary/aromatic N) is 3. The minimum atomic E-state index is -0.686. The number of carbonyl (C=O) groups excluding carboxylic acids is 1. The molecule has 1 unspecified atom stereocenters. The van der Waals surface area contributed by atoms with Crippen LogP contribution < -0.4 is 5.56 Å². The largest absolute Gasteiger partial charge is 0.332 e. The first-order chi connectivity index (χ1) is 12.1. The molecular formula is C19H25Cl2N3O2. The van der Waals surface area contributed by atoms with Gasteiger partial charge in [0.05, 0.1) is 22.4 Å². The van der Waals surface area contributed by atoms with Crippen LogP contribution in [0.1, 0.15) is 46.0 Å². The Hall–Kier alpha value is -1.59. The van der Waals surface area contributed by atoms with Crippen LogP contribution in [0, 0.1) is 5.41 Å². The maximum Gasteiger partial charge on any atom is 0.261 e. The molecule has 0 saturated carbocycles. The van der Waals surface area contributed by atoms with E-state index in [0.29, 0.717) is 28.3 Å². The summed E-state index contributed by atoms with van der Waals surface area (Å²) in [5.74, 6) is 0.714. The number of carbonyl (C=O) groups is 1. The van der Waals surface area contributed by atoms with Crippen LogP contribution >= 0.6 is 23.2 Å². The van der Waals surface area contributed by atoms with Crippen molar-refractivity contribution in [2.75, 3.05) is 12.4 Å². The van der Waals surface area contributed by atoms with E-state index in [0.717, 1.165) is 6.42 Å². The monoisotopic (exact) mass is 397 g/mol. The van der Waals surface area contributed by atoms with Gasteiger partial charge in [0.15, 0.2) is 0 Å². The molecule has 1 amide bonds. The topological polar surface area (TPSA) is 55.2 Å². The fourth-order valence-electron chi connectivity index (χ4n) is 2.93. The van der Waals surface area contributed by atoms with E-state index in [2.05, 4.69) is 4.98 Å². The second kappa shape index (κ2) is 7.97. The fourth-order valence-corrected chi connectivity index (χ4v) is 3.22. The molecule has 2 rings (SSSR count). The molecule has 142 valence electrons. The molecule has 26 heavy (non-hydrogen) atoms. The molecular weight excluding hydrogens is 373 g/mol. The zero-order valence-corrected chi connectivity index (χ0v) is 17.4. The van der Waals surface area contributed by atoms with Crippen LogP contribution in [-0.4, -0.2) is 32.8 Å². The minimum absolute atomic E-state index is 0.0488. The summed E-state index contributed by atoms with van der Waals surface area (Å²) in [6.07, 6.45) is 0.797. The number of aromatic nitrogens is 2. The lowest BCUT2D eigenvalue weighted by Crippen LogP contribution is -2.45. The van der Waals surface area contributed by atoms with Gasteiger partial charge in [-0.25, -0.2) is 4.98 Å². The summed E-state index contributed by atoms with van der Waals surface area (Å²) in [5.41, 5.74) is -0.298. The number of benzene rings is 1. The smallest absolute Gasteiger partial charge is 0.261 e. The summed E-state index contributed by atoms with van der Waals surface area (Å²) in [7, 11) is 1.67. The van der Waals surface area contributed by atoms with Gasteiger partial charge in [-0.15, -0.1) is 11.6 Å². The Kier molecular flexibility index (Phi) is 6.35. The molecule has 0 saturated heterocycles. The number of fused-ring (bicyclic) bond motifs is 1. The summed E-state index contributed by atoms with van der Waals surface area (Å²) in [5, 5.41) is 0.953. The summed E-state index contributed by atoms with van der Waals surface area (Å²) in [6.45, 7) is 8.12. The Balaban J connectivity index is 2.57. The first-order valence-corrected chi connectivity index (χ1v) is 9.58. The molecule has 1 heterocycles. The highest BCUT2D eigenvalue weighted by Gasteiger charge is 2.34. The average Bonchev–Trinajstić information content (AvgIpc) is 2.62. The Morgan fingerprint density at radius 2 is 2.04 bits per heavy atom. The summed E-state index contributed by atoms with van der Waals surface area (Å²) in [4.78, 5) is 32.2. The third-order valence-electron chi connectivity index (χ3n) is 4.55. The van der Waals surface area contributed by atoms with Gasteiger partial charge in [0, 0.05) is 24.5 Å². The Bertz CT molecular complexity index is 877. The Labute approximate surface area is 163 Å². The molecule has 0 N–H and O–H groups in total. The Morgan fingerprint density at radius 3 is 2.62 bits per heavy atom. The number of hydrogen-bond donors (Lipinski definition) is 0. The molecule has 1 aromatic carbocycles. The van der Waals surface area contributed by atoms with Gasteiger partial charge in [-0.2, -0.15) is 0 Å². The second-order valence-corrected chi connectivity index (χ2v) is 7.89. The fraction of sp³-hybridized carbons (Fsp3) is 0.526. The van der Waals surface area contributed by atoms with Gasteiger partial charge in [-0.3, -0.25) is 14.2 Å². The zero-order valence-electron chi connectivity index (χ0n) is 15.8. The van der Waals surface area contributed by atoms with Crippen molar-refractivity contribution in [3.8, 4) is 0 Å². The number of halogens is 2. The molecule has 5 nitrogen and oxygen atoms in total. The predicted molar refractivity (Wildman–Crippen MR) is 107 cm³/mol. The molecule has 0 bridgehead atoms. The highest BCUT2D eigenvalue weighted by atomic mass is 35.5. The quantitative estimate of drug-likeness (QED) is 0.687. The van der Waals surface area contributed by atoms with E-state index in [4.69, 9.17) is 23.2 Å². The molecule has 0 radical (unpaired) electrons. The van der Waals surface area contributed by atoms with Crippen molar-refractivity contribution >= 4 is 40.0 Å². The summed E-state index contributed by atoms with van der Waals surface area (Å²) < 4.78 is 1.49. The lowest BCUT2D eigenvalue weighted by Gasteiger charge is -2.35. The summed E-state index contributed by atoms with van der Waals surface area (Å²) in [6, 6.07) is 4.69. The molecule has 0 aliphatic carbocycles. The van der Waals surface area contributed by atoms with Gasteiger partial charge < -0.3 is 4.90 Å². The first kappa shape index (κ1) is 20.7. The van der Waals surface area contributed by atoms with Crippen LogP contribution in [0.3, 0.4) is 0 Å². The van der Waals surface area contributed by atoms with Crippen molar-refractivity contribution in [2.24, 2.45) is 12.5 Å². The third-order valence-corrected chi connectivity index (χ3v) is 5.46. The van der Waals surface area contributed by atoms with Gasteiger partial charge in [0.25, 0.3) is 5.56 Å². The molecule has 0 aliphatic heterocycles. The van der Waals surface area contributed by atoms with E-state index in [9.17, 15) is 9.59 Å². The normalized spacial score (nSPS) is 13.0. The zero-order chi connectivity index (χ0) is 19.6. The number of amides is 1.